The van der Waals surface area contributed by atoms with E-state index in [4.69, 9.17) is 5.73 Å². The topological polar surface area (TPSA) is 68.0 Å². The van der Waals surface area contributed by atoms with Crippen molar-refractivity contribution in [2.45, 2.75) is 32.2 Å². The van der Waals surface area contributed by atoms with E-state index >= 15 is 0 Å². The van der Waals surface area contributed by atoms with E-state index in [2.05, 4.69) is 10.3 Å². The molecule has 0 radical (unpaired) electrons. The Labute approximate surface area is 116 Å². The minimum Gasteiger partial charge on any atom is -0.323 e. The largest absolute Gasteiger partial charge is 0.323 e. The van der Waals surface area contributed by atoms with Crippen LogP contribution in [-0.2, 0) is 4.79 Å². The van der Waals surface area contributed by atoms with Crippen molar-refractivity contribution in [2.75, 3.05) is 5.32 Å². The molecule has 1 aromatic rings. The summed E-state index contributed by atoms with van der Waals surface area (Å²) in [6.07, 6.45) is 4.08. The van der Waals surface area contributed by atoms with Gasteiger partial charge in [-0.15, -0.1) is 11.3 Å². The Bertz CT molecular complexity index is 511. The summed E-state index contributed by atoms with van der Waals surface area (Å²) in [5, 5.41) is 5.62. The first kappa shape index (κ1) is 11.9. The summed E-state index contributed by atoms with van der Waals surface area (Å²) in [7, 11) is 0. The highest BCUT2D eigenvalue weighted by molar-refractivity contribution is 7.13. The molecule has 5 atom stereocenters. The van der Waals surface area contributed by atoms with Gasteiger partial charge in [0.15, 0.2) is 5.13 Å². The second-order valence-corrected chi connectivity index (χ2v) is 7.23. The zero-order valence-corrected chi connectivity index (χ0v) is 11.8. The van der Waals surface area contributed by atoms with Crippen LogP contribution in [0.5, 0.6) is 0 Å². The smallest absolute Gasteiger partial charge is 0.229 e. The van der Waals surface area contributed by atoms with Crippen molar-refractivity contribution in [3.05, 3.63) is 11.1 Å². The van der Waals surface area contributed by atoms with Gasteiger partial charge in [0.05, 0.1) is 5.69 Å². The van der Waals surface area contributed by atoms with Gasteiger partial charge in [-0.3, -0.25) is 4.79 Å². The second kappa shape index (κ2) is 4.03. The molecule has 0 spiro atoms. The van der Waals surface area contributed by atoms with Gasteiger partial charge < -0.3 is 11.1 Å². The number of nitrogens with zero attached hydrogens (tertiary/aromatic N) is 1. The fraction of sp³-hybridized carbons (Fsp3) is 0.714. The van der Waals surface area contributed by atoms with Gasteiger partial charge in [0.2, 0.25) is 5.91 Å². The van der Waals surface area contributed by atoms with Crippen LogP contribution in [0.1, 0.15) is 37.9 Å². The zero-order chi connectivity index (χ0) is 13.1. The maximum absolute atomic E-state index is 12.3. The van der Waals surface area contributed by atoms with Gasteiger partial charge in [-0.1, -0.05) is 0 Å². The summed E-state index contributed by atoms with van der Waals surface area (Å²) in [6, 6.07) is -0.0712. The van der Waals surface area contributed by atoms with E-state index in [1.807, 2.05) is 12.3 Å². The first-order chi connectivity index (χ1) is 9.15. The summed E-state index contributed by atoms with van der Waals surface area (Å²) in [6.45, 7) is 1.91. The van der Waals surface area contributed by atoms with Gasteiger partial charge in [-0.05, 0) is 49.9 Å². The molecule has 5 heteroatoms. The molecule has 1 heterocycles. The number of amides is 1. The molecule has 19 heavy (non-hydrogen) atoms. The molecule has 5 unspecified atom stereocenters. The van der Waals surface area contributed by atoms with E-state index in [0.29, 0.717) is 17.0 Å². The molecular weight excluding hydrogens is 258 g/mol. The van der Waals surface area contributed by atoms with E-state index in [9.17, 15) is 4.79 Å². The van der Waals surface area contributed by atoms with Crippen LogP contribution in [0.2, 0.25) is 0 Å². The van der Waals surface area contributed by atoms with Crippen LogP contribution in [0.15, 0.2) is 5.38 Å². The van der Waals surface area contributed by atoms with Crippen LogP contribution in [0.3, 0.4) is 0 Å². The molecule has 3 aliphatic carbocycles. The average Bonchev–Trinajstić information content (AvgIpc) is 2.75. The van der Waals surface area contributed by atoms with Crippen LogP contribution in [-0.4, -0.2) is 10.9 Å². The van der Waals surface area contributed by atoms with E-state index in [1.54, 1.807) is 0 Å². The van der Waals surface area contributed by atoms with Crippen LogP contribution < -0.4 is 11.1 Å². The van der Waals surface area contributed by atoms with Gasteiger partial charge >= 0.3 is 0 Å². The molecule has 0 aliphatic heterocycles. The third-order valence-electron chi connectivity index (χ3n) is 5.26. The number of carbonyl (C=O) groups is 1. The average molecular weight is 277 g/mol. The summed E-state index contributed by atoms with van der Waals surface area (Å²) in [4.78, 5) is 16.7. The van der Waals surface area contributed by atoms with Crippen LogP contribution in [0, 0.1) is 29.6 Å². The SMILES string of the molecule is CC(N)c1csc(NC(=O)C2C3C4CCC(C4)C23)n1. The molecular formula is C14H19N3OS. The van der Waals surface area contributed by atoms with Crippen molar-refractivity contribution in [2.24, 2.45) is 35.3 Å². The van der Waals surface area contributed by atoms with Crippen LogP contribution in [0.25, 0.3) is 0 Å². The lowest BCUT2D eigenvalue weighted by molar-refractivity contribution is -0.118. The molecule has 1 amide bonds. The normalized spacial score (nSPS) is 40.0. The zero-order valence-electron chi connectivity index (χ0n) is 11.0. The predicted octanol–water partition coefficient (Wildman–Crippen LogP) is 2.39. The Balaban J connectivity index is 1.42. The standard InChI is InChI=1S/C14H19N3OS/c1-6(15)9-5-19-14(16-9)17-13(18)12-10-7-2-3-8(4-7)11(10)12/h5-8,10-12H,2-4,15H2,1H3,(H,16,17,18). The first-order valence-corrected chi connectivity index (χ1v) is 8.05. The molecule has 4 rings (SSSR count). The van der Waals surface area contributed by atoms with Gasteiger partial charge in [0, 0.05) is 17.3 Å². The first-order valence-electron chi connectivity index (χ1n) is 7.17. The highest BCUT2D eigenvalue weighted by Gasteiger charge is 2.67. The highest BCUT2D eigenvalue weighted by atomic mass is 32.1. The fourth-order valence-electron chi connectivity index (χ4n) is 4.42. The second-order valence-electron chi connectivity index (χ2n) is 6.37. The number of carbonyl (C=O) groups excluding carboxylic acids is 1. The maximum Gasteiger partial charge on any atom is 0.229 e. The van der Waals surface area contributed by atoms with Gasteiger partial charge in [-0.25, -0.2) is 4.98 Å². The Morgan fingerprint density at radius 3 is 2.74 bits per heavy atom. The Kier molecular flexibility index (Phi) is 2.51. The Hall–Kier alpha value is -0.940. The van der Waals surface area contributed by atoms with Crippen molar-refractivity contribution < 1.29 is 4.79 Å². The number of thiazole rings is 1. The Morgan fingerprint density at radius 2 is 2.16 bits per heavy atom. The van der Waals surface area contributed by atoms with Gasteiger partial charge in [0.25, 0.3) is 0 Å². The molecule has 1 aromatic heterocycles. The fourth-order valence-corrected chi connectivity index (χ4v) is 5.23. The molecule has 102 valence electrons. The molecule has 3 N–H and O–H groups in total. The third-order valence-corrected chi connectivity index (χ3v) is 6.03. The van der Waals surface area contributed by atoms with Crippen molar-refractivity contribution in [1.29, 1.82) is 0 Å². The van der Waals surface area contributed by atoms with E-state index < -0.39 is 0 Å². The molecule has 2 bridgehead atoms. The number of nitrogens with two attached hydrogens (primary N) is 1. The van der Waals surface area contributed by atoms with Crippen LogP contribution >= 0.6 is 11.3 Å². The maximum atomic E-state index is 12.3. The summed E-state index contributed by atoms with van der Waals surface area (Å²) in [5.74, 6) is 3.51. The van der Waals surface area contributed by atoms with Gasteiger partial charge in [0.1, 0.15) is 0 Å². The minimum absolute atomic E-state index is 0.0712. The minimum atomic E-state index is -0.0712. The van der Waals surface area contributed by atoms with E-state index in [-0.39, 0.29) is 17.9 Å². The summed E-state index contributed by atoms with van der Waals surface area (Å²) in [5.41, 5.74) is 6.64. The molecule has 4 nitrogen and oxygen atoms in total. The predicted molar refractivity (Wildman–Crippen MR) is 74.6 cm³/mol. The summed E-state index contributed by atoms with van der Waals surface area (Å²) >= 11 is 1.47. The lowest BCUT2D eigenvalue weighted by atomic mass is 10.0. The van der Waals surface area contributed by atoms with Crippen molar-refractivity contribution in [1.82, 2.24) is 4.98 Å². The highest BCUT2D eigenvalue weighted by Crippen LogP contribution is 2.69. The third kappa shape index (κ3) is 1.75. The van der Waals surface area contributed by atoms with Crippen molar-refractivity contribution in [3.8, 4) is 0 Å². The lowest BCUT2D eigenvalue weighted by Crippen LogP contribution is -2.18. The lowest BCUT2D eigenvalue weighted by Gasteiger charge is -2.07. The molecule has 0 aromatic carbocycles. The van der Waals surface area contributed by atoms with E-state index in [1.165, 1.54) is 30.6 Å². The molecule has 3 saturated carbocycles. The molecule has 3 fully saturated rings. The number of hydrogen-bond donors (Lipinski definition) is 2. The Morgan fingerprint density at radius 1 is 1.47 bits per heavy atom. The quantitative estimate of drug-likeness (QED) is 0.891. The number of anilines is 1. The van der Waals surface area contributed by atoms with Crippen molar-refractivity contribution >= 4 is 22.4 Å². The van der Waals surface area contributed by atoms with Crippen LogP contribution in [0.4, 0.5) is 5.13 Å². The molecule has 0 saturated heterocycles. The number of aromatic nitrogens is 1. The number of fused-ring (bicyclic) bond motifs is 5. The number of nitrogens with one attached hydrogen (secondary N) is 1. The summed E-state index contributed by atoms with van der Waals surface area (Å²) < 4.78 is 0. The van der Waals surface area contributed by atoms with Crippen molar-refractivity contribution in [3.63, 3.8) is 0 Å². The van der Waals surface area contributed by atoms with E-state index in [0.717, 1.165) is 17.5 Å². The monoisotopic (exact) mass is 277 g/mol. The number of rotatable bonds is 3. The van der Waals surface area contributed by atoms with Gasteiger partial charge in [-0.2, -0.15) is 0 Å². The molecule has 3 aliphatic rings. The number of hydrogen-bond acceptors (Lipinski definition) is 4.